The summed E-state index contributed by atoms with van der Waals surface area (Å²) in [6.45, 7) is 3.12. The summed E-state index contributed by atoms with van der Waals surface area (Å²) in [6.07, 6.45) is 3.32. The van der Waals surface area contributed by atoms with Crippen LogP contribution in [0.2, 0.25) is 0 Å². The maximum absolute atomic E-state index is 5.73. The Morgan fingerprint density at radius 1 is 1.26 bits per heavy atom. The number of hydrogen-bond donors (Lipinski definition) is 1. The van der Waals surface area contributed by atoms with Gasteiger partial charge in [0, 0.05) is 38.1 Å². The molecular formula is C12H16N6O. The Morgan fingerprint density at radius 3 is 2.79 bits per heavy atom. The van der Waals surface area contributed by atoms with Crippen LogP contribution in [0.15, 0.2) is 18.5 Å². The van der Waals surface area contributed by atoms with Crippen LogP contribution in [0.5, 0.6) is 0 Å². The highest BCUT2D eigenvalue weighted by Gasteiger charge is 2.18. The molecule has 0 atom stereocenters. The van der Waals surface area contributed by atoms with Crippen LogP contribution < -0.4 is 10.6 Å². The first kappa shape index (κ1) is 11.9. The average Bonchev–Trinajstić information content (AvgIpc) is 2.82. The molecule has 0 radical (unpaired) electrons. The van der Waals surface area contributed by atoms with Gasteiger partial charge in [0.25, 0.3) is 0 Å². The summed E-state index contributed by atoms with van der Waals surface area (Å²) in [5.41, 5.74) is 7.17. The molecule has 0 aliphatic carbocycles. The Hall–Kier alpha value is -2.15. The van der Waals surface area contributed by atoms with Crippen molar-refractivity contribution in [2.45, 2.75) is 0 Å². The van der Waals surface area contributed by atoms with Crippen molar-refractivity contribution in [1.82, 2.24) is 19.7 Å². The Kier molecular flexibility index (Phi) is 3.04. The Balaban J connectivity index is 1.92. The number of ether oxygens (including phenoxy) is 1. The van der Waals surface area contributed by atoms with E-state index in [4.69, 9.17) is 10.5 Å². The smallest absolute Gasteiger partial charge is 0.224 e. The van der Waals surface area contributed by atoms with Crippen LogP contribution in [0.4, 0.5) is 11.6 Å². The number of nitrogen functional groups attached to an aromatic ring is 1. The molecule has 0 saturated carbocycles. The van der Waals surface area contributed by atoms with E-state index in [1.807, 2.05) is 13.1 Å². The lowest BCUT2D eigenvalue weighted by Crippen LogP contribution is -2.37. The summed E-state index contributed by atoms with van der Waals surface area (Å²) in [6, 6.07) is 1.82. The molecule has 2 aromatic rings. The van der Waals surface area contributed by atoms with Crippen molar-refractivity contribution in [3.05, 3.63) is 18.5 Å². The minimum Gasteiger partial charge on any atom is -0.397 e. The van der Waals surface area contributed by atoms with Gasteiger partial charge < -0.3 is 15.4 Å². The van der Waals surface area contributed by atoms with Crippen LogP contribution >= 0.6 is 0 Å². The summed E-state index contributed by atoms with van der Waals surface area (Å²) >= 11 is 0. The van der Waals surface area contributed by atoms with Gasteiger partial charge in [0.2, 0.25) is 5.95 Å². The van der Waals surface area contributed by atoms with Crippen molar-refractivity contribution >= 4 is 11.6 Å². The van der Waals surface area contributed by atoms with Crippen LogP contribution in [0, 0.1) is 0 Å². The predicted molar refractivity (Wildman–Crippen MR) is 71.7 cm³/mol. The lowest BCUT2D eigenvalue weighted by Gasteiger charge is -2.26. The Morgan fingerprint density at radius 2 is 2.05 bits per heavy atom. The zero-order valence-corrected chi connectivity index (χ0v) is 10.8. The highest BCUT2D eigenvalue weighted by atomic mass is 16.5. The molecule has 0 unspecified atom stereocenters. The molecule has 1 fully saturated rings. The quantitative estimate of drug-likeness (QED) is 0.836. The third-order valence-electron chi connectivity index (χ3n) is 3.05. The number of pyridine rings is 1. The fraction of sp³-hybridized carbons (Fsp3) is 0.417. The fourth-order valence-electron chi connectivity index (χ4n) is 2.12. The molecule has 1 saturated heterocycles. The van der Waals surface area contributed by atoms with Crippen LogP contribution in [-0.2, 0) is 11.8 Å². The molecule has 100 valence electrons. The second-order valence-electron chi connectivity index (χ2n) is 4.47. The van der Waals surface area contributed by atoms with E-state index in [1.54, 1.807) is 17.1 Å². The van der Waals surface area contributed by atoms with E-state index >= 15 is 0 Å². The molecule has 7 nitrogen and oxygen atoms in total. The van der Waals surface area contributed by atoms with E-state index in [9.17, 15) is 0 Å². The van der Waals surface area contributed by atoms with Crippen molar-refractivity contribution in [3.63, 3.8) is 0 Å². The van der Waals surface area contributed by atoms with Gasteiger partial charge in [-0.1, -0.05) is 0 Å². The second-order valence-corrected chi connectivity index (χ2v) is 4.47. The lowest BCUT2D eigenvalue weighted by atomic mass is 10.2. The van der Waals surface area contributed by atoms with E-state index in [-0.39, 0.29) is 0 Å². The van der Waals surface area contributed by atoms with Crippen molar-refractivity contribution in [1.29, 1.82) is 0 Å². The number of nitrogens with zero attached hydrogens (tertiary/aromatic N) is 5. The van der Waals surface area contributed by atoms with Gasteiger partial charge in [-0.3, -0.25) is 4.98 Å². The first-order chi connectivity index (χ1) is 9.24. The van der Waals surface area contributed by atoms with E-state index in [0.717, 1.165) is 37.8 Å². The first-order valence-electron chi connectivity index (χ1n) is 6.18. The maximum Gasteiger partial charge on any atom is 0.224 e. The molecule has 3 heterocycles. The minimum atomic E-state index is 0.609. The lowest BCUT2D eigenvalue weighted by molar-refractivity contribution is 0.121. The second kappa shape index (κ2) is 4.85. The number of morpholine rings is 1. The van der Waals surface area contributed by atoms with E-state index in [2.05, 4.69) is 20.0 Å². The van der Waals surface area contributed by atoms with Crippen molar-refractivity contribution < 1.29 is 4.74 Å². The third-order valence-corrected chi connectivity index (χ3v) is 3.05. The van der Waals surface area contributed by atoms with Crippen molar-refractivity contribution in [3.8, 4) is 11.4 Å². The number of hydrogen-bond acceptors (Lipinski definition) is 6. The van der Waals surface area contributed by atoms with Gasteiger partial charge in [0.1, 0.15) is 0 Å². The maximum atomic E-state index is 5.73. The van der Waals surface area contributed by atoms with Gasteiger partial charge in [-0.05, 0) is 6.07 Å². The average molecular weight is 260 g/mol. The van der Waals surface area contributed by atoms with E-state index in [1.165, 1.54) is 0 Å². The van der Waals surface area contributed by atoms with E-state index in [0.29, 0.717) is 11.5 Å². The summed E-state index contributed by atoms with van der Waals surface area (Å²) < 4.78 is 7.12. The normalized spacial score (nSPS) is 15.7. The predicted octanol–water partition coefficient (Wildman–Crippen LogP) is 0.296. The van der Waals surface area contributed by atoms with E-state index < -0.39 is 0 Å². The van der Waals surface area contributed by atoms with Crippen molar-refractivity contribution in [2.24, 2.45) is 7.05 Å². The highest BCUT2D eigenvalue weighted by molar-refractivity contribution is 5.60. The molecular weight excluding hydrogens is 244 g/mol. The molecule has 7 heteroatoms. The molecule has 0 bridgehead atoms. The van der Waals surface area contributed by atoms with Crippen LogP contribution in [0.3, 0.4) is 0 Å². The monoisotopic (exact) mass is 260 g/mol. The Labute approximate surface area is 111 Å². The zero-order chi connectivity index (χ0) is 13.2. The number of aromatic nitrogens is 4. The van der Waals surface area contributed by atoms with Crippen LogP contribution in [-0.4, -0.2) is 46.1 Å². The van der Waals surface area contributed by atoms with Crippen molar-refractivity contribution in [2.75, 3.05) is 36.9 Å². The summed E-state index contributed by atoms with van der Waals surface area (Å²) in [4.78, 5) is 10.8. The summed E-state index contributed by atoms with van der Waals surface area (Å²) in [7, 11) is 1.89. The minimum absolute atomic E-state index is 0.609. The van der Waals surface area contributed by atoms with Gasteiger partial charge in [-0.15, -0.1) is 5.10 Å². The largest absolute Gasteiger partial charge is 0.397 e. The fourth-order valence-corrected chi connectivity index (χ4v) is 2.12. The number of rotatable bonds is 2. The van der Waals surface area contributed by atoms with Gasteiger partial charge in [0.15, 0.2) is 5.82 Å². The molecule has 2 N–H and O–H groups in total. The number of aryl methyl sites for hydroxylation is 1. The molecule has 2 aromatic heterocycles. The molecule has 19 heavy (non-hydrogen) atoms. The summed E-state index contributed by atoms with van der Waals surface area (Å²) in [5, 5.41) is 4.42. The SMILES string of the molecule is Cn1nc(-c2cncc(N)c2)nc1N1CCOCC1. The molecule has 0 aromatic carbocycles. The van der Waals surface area contributed by atoms with Crippen LogP contribution in [0.1, 0.15) is 0 Å². The Bertz CT molecular complexity index is 575. The number of anilines is 2. The molecule has 3 rings (SSSR count). The van der Waals surface area contributed by atoms with Gasteiger partial charge in [-0.2, -0.15) is 4.98 Å². The van der Waals surface area contributed by atoms with Gasteiger partial charge >= 0.3 is 0 Å². The van der Waals surface area contributed by atoms with Gasteiger partial charge in [-0.25, -0.2) is 4.68 Å². The molecule has 1 aliphatic rings. The zero-order valence-electron chi connectivity index (χ0n) is 10.8. The first-order valence-corrected chi connectivity index (χ1v) is 6.18. The molecule has 1 aliphatic heterocycles. The number of nitrogens with two attached hydrogens (primary N) is 1. The topological polar surface area (TPSA) is 82.1 Å². The standard InChI is InChI=1S/C12H16N6O/c1-17-12(18-2-4-19-5-3-18)15-11(16-17)9-6-10(13)8-14-7-9/h6-8H,2-5,13H2,1H3. The van der Waals surface area contributed by atoms with Crippen LogP contribution in [0.25, 0.3) is 11.4 Å². The molecule has 0 amide bonds. The highest BCUT2D eigenvalue weighted by Crippen LogP contribution is 2.20. The third kappa shape index (κ3) is 2.37. The summed E-state index contributed by atoms with van der Waals surface area (Å²) in [5.74, 6) is 1.49. The van der Waals surface area contributed by atoms with Gasteiger partial charge in [0.05, 0.1) is 18.9 Å². The molecule has 0 spiro atoms.